The van der Waals surface area contributed by atoms with Crippen molar-refractivity contribution in [1.29, 1.82) is 0 Å². The van der Waals surface area contributed by atoms with Crippen molar-refractivity contribution in [2.24, 2.45) is 5.92 Å². The molecule has 1 aromatic carbocycles. The molecule has 3 heteroatoms. The third-order valence-corrected chi connectivity index (χ3v) is 2.23. The van der Waals surface area contributed by atoms with E-state index >= 15 is 0 Å². The van der Waals surface area contributed by atoms with Crippen molar-refractivity contribution in [2.75, 3.05) is 13.2 Å². The van der Waals surface area contributed by atoms with Gasteiger partial charge in [-0.15, -0.1) is 0 Å². The van der Waals surface area contributed by atoms with Gasteiger partial charge in [-0.25, -0.2) is 4.39 Å². The van der Waals surface area contributed by atoms with Crippen molar-refractivity contribution in [3.05, 3.63) is 30.1 Å². The van der Waals surface area contributed by atoms with E-state index in [2.05, 4.69) is 26.1 Å². The van der Waals surface area contributed by atoms with Gasteiger partial charge in [-0.1, -0.05) is 32.9 Å². The van der Waals surface area contributed by atoms with Crippen molar-refractivity contribution in [2.45, 2.75) is 26.8 Å². The highest BCUT2D eigenvalue weighted by Crippen LogP contribution is 2.16. The summed E-state index contributed by atoms with van der Waals surface area (Å²) >= 11 is 0. The monoisotopic (exact) mass is 225 g/mol. The molecule has 2 nitrogen and oxygen atoms in total. The summed E-state index contributed by atoms with van der Waals surface area (Å²) in [6.07, 6.45) is 0. The minimum Gasteiger partial charge on any atom is -0.490 e. The lowest BCUT2D eigenvalue weighted by Gasteiger charge is -2.15. The molecule has 0 aliphatic heterocycles. The Hall–Kier alpha value is -1.09. The summed E-state index contributed by atoms with van der Waals surface area (Å²) in [5.74, 6) is 0.396. The third-order valence-electron chi connectivity index (χ3n) is 2.23. The second-order valence-corrected chi connectivity index (χ2v) is 4.41. The van der Waals surface area contributed by atoms with Crippen LogP contribution in [0, 0.1) is 11.7 Å². The predicted molar refractivity (Wildman–Crippen MR) is 64.2 cm³/mol. The second-order valence-electron chi connectivity index (χ2n) is 4.41. The Morgan fingerprint density at radius 3 is 2.56 bits per heavy atom. The minimum absolute atomic E-state index is 0.300. The molecule has 0 fully saturated rings. The average molecular weight is 225 g/mol. The fraction of sp³-hybridized carbons (Fsp3) is 0.538. The van der Waals surface area contributed by atoms with Gasteiger partial charge < -0.3 is 10.1 Å². The Kier molecular flexibility index (Phi) is 5.26. The van der Waals surface area contributed by atoms with Crippen LogP contribution in [0.25, 0.3) is 0 Å². The van der Waals surface area contributed by atoms with Crippen LogP contribution < -0.4 is 10.1 Å². The van der Waals surface area contributed by atoms with E-state index in [0.29, 0.717) is 24.3 Å². The van der Waals surface area contributed by atoms with Gasteiger partial charge in [0.15, 0.2) is 11.6 Å². The van der Waals surface area contributed by atoms with Crippen LogP contribution in [0.3, 0.4) is 0 Å². The Bertz CT molecular complexity index is 315. The largest absolute Gasteiger partial charge is 0.490 e. The molecular formula is C13H20FNO. The zero-order chi connectivity index (χ0) is 12.0. The summed E-state index contributed by atoms with van der Waals surface area (Å²) < 4.78 is 18.6. The van der Waals surface area contributed by atoms with Crippen LogP contribution in [0.5, 0.6) is 5.75 Å². The number of hydrogen-bond acceptors (Lipinski definition) is 2. The number of halogens is 1. The number of nitrogens with one attached hydrogen (secondary N) is 1. The first-order valence-corrected chi connectivity index (χ1v) is 5.70. The molecule has 90 valence electrons. The highest BCUT2D eigenvalue weighted by molar-refractivity contribution is 5.23. The second kappa shape index (κ2) is 6.48. The van der Waals surface area contributed by atoms with Crippen LogP contribution in [0.2, 0.25) is 0 Å². The summed E-state index contributed by atoms with van der Waals surface area (Å²) in [7, 11) is 0. The normalized spacial score (nSPS) is 12.8. The van der Waals surface area contributed by atoms with Gasteiger partial charge in [-0.05, 0) is 12.1 Å². The van der Waals surface area contributed by atoms with E-state index in [-0.39, 0.29) is 5.82 Å². The van der Waals surface area contributed by atoms with Crippen LogP contribution in [-0.4, -0.2) is 19.2 Å². The van der Waals surface area contributed by atoms with Gasteiger partial charge >= 0.3 is 0 Å². The molecule has 0 aliphatic carbocycles. The SMILES string of the molecule is CC(CNC(C)C)COc1ccccc1F. The van der Waals surface area contributed by atoms with Gasteiger partial charge in [-0.2, -0.15) is 0 Å². The van der Waals surface area contributed by atoms with Gasteiger partial charge in [0.1, 0.15) is 0 Å². The van der Waals surface area contributed by atoms with E-state index in [0.717, 1.165) is 6.54 Å². The molecule has 0 amide bonds. The summed E-state index contributed by atoms with van der Waals surface area (Å²) in [5, 5.41) is 3.32. The smallest absolute Gasteiger partial charge is 0.165 e. The molecule has 0 spiro atoms. The Morgan fingerprint density at radius 1 is 1.25 bits per heavy atom. The van der Waals surface area contributed by atoms with Crippen molar-refractivity contribution >= 4 is 0 Å². The first-order chi connectivity index (χ1) is 7.59. The van der Waals surface area contributed by atoms with Crippen LogP contribution in [0.4, 0.5) is 4.39 Å². The van der Waals surface area contributed by atoms with Crippen LogP contribution in [0.15, 0.2) is 24.3 Å². The Labute approximate surface area is 96.8 Å². The molecule has 0 heterocycles. The van der Waals surface area contributed by atoms with E-state index in [4.69, 9.17) is 4.74 Å². The van der Waals surface area contributed by atoms with Gasteiger partial charge in [0.25, 0.3) is 0 Å². The van der Waals surface area contributed by atoms with E-state index in [1.54, 1.807) is 18.2 Å². The van der Waals surface area contributed by atoms with Gasteiger partial charge in [0.05, 0.1) is 6.61 Å². The molecule has 0 aliphatic rings. The maximum absolute atomic E-state index is 13.2. The molecule has 1 unspecified atom stereocenters. The van der Waals surface area contributed by atoms with E-state index in [9.17, 15) is 4.39 Å². The first kappa shape index (κ1) is 13.0. The number of para-hydroxylation sites is 1. The molecule has 1 aromatic rings. The molecule has 0 saturated heterocycles. The number of ether oxygens (including phenoxy) is 1. The summed E-state index contributed by atoms with van der Waals surface area (Å²) in [5.41, 5.74) is 0. The number of benzene rings is 1. The van der Waals surface area contributed by atoms with Gasteiger partial charge in [0, 0.05) is 18.5 Å². The van der Waals surface area contributed by atoms with Crippen molar-refractivity contribution < 1.29 is 9.13 Å². The van der Waals surface area contributed by atoms with Gasteiger partial charge in [0.2, 0.25) is 0 Å². The molecule has 1 rings (SSSR count). The van der Waals surface area contributed by atoms with E-state index < -0.39 is 0 Å². The van der Waals surface area contributed by atoms with Crippen molar-refractivity contribution in [3.63, 3.8) is 0 Å². The quantitative estimate of drug-likeness (QED) is 0.803. The maximum atomic E-state index is 13.2. The molecule has 1 N–H and O–H groups in total. The van der Waals surface area contributed by atoms with Crippen LogP contribution in [-0.2, 0) is 0 Å². The number of hydrogen-bond donors (Lipinski definition) is 1. The zero-order valence-corrected chi connectivity index (χ0v) is 10.2. The van der Waals surface area contributed by atoms with Crippen LogP contribution >= 0.6 is 0 Å². The Morgan fingerprint density at radius 2 is 1.94 bits per heavy atom. The number of rotatable bonds is 6. The predicted octanol–water partition coefficient (Wildman–Crippen LogP) is 2.84. The van der Waals surface area contributed by atoms with E-state index in [1.165, 1.54) is 6.07 Å². The fourth-order valence-corrected chi connectivity index (χ4v) is 1.29. The molecular weight excluding hydrogens is 205 g/mol. The summed E-state index contributed by atoms with van der Waals surface area (Å²) in [4.78, 5) is 0. The average Bonchev–Trinajstić information content (AvgIpc) is 2.25. The highest BCUT2D eigenvalue weighted by atomic mass is 19.1. The third kappa shape index (κ3) is 4.62. The Balaban J connectivity index is 2.31. The maximum Gasteiger partial charge on any atom is 0.165 e. The lowest BCUT2D eigenvalue weighted by Crippen LogP contribution is -2.30. The molecule has 0 saturated carbocycles. The van der Waals surface area contributed by atoms with E-state index in [1.807, 2.05) is 0 Å². The standard InChI is InChI=1S/C13H20FNO/c1-10(2)15-8-11(3)9-16-13-7-5-4-6-12(13)14/h4-7,10-11,15H,8-9H2,1-3H3. The lowest BCUT2D eigenvalue weighted by atomic mass is 10.2. The lowest BCUT2D eigenvalue weighted by molar-refractivity contribution is 0.243. The highest BCUT2D eigenvalue weighted by Gasteiger charge is 2.06. The molecule has 1 atom stereocenters. The molecule has 16 heavy (non-hydrogen) atoms. The zero-order valence-electron chi connectivity index (χ0n) is 10.2. The van der Waals surface area contributed by atoms with Gasteiger partial charge in [-0.3, -0.25) is 0 Å². The first-order valence-electron chi connectivity index (χ1n) is 5.70. The van der Waals surface area contributed by atoms with Crippen molar-refractivity contribution in [1.82, 2.24) is 5.32 Å². The fourth-order valence-electron chi connectivity index (χ4n) is 1.29. The van der Waals surface area contributed by atoms with Crippen LogP contribution in [0.1, 0.15) is 20.8 Å². The topological polar surface area (TPSA) is 21.3 Å². The van der Waals surface area contributed by atoms with Crippen molar-refractivity contribution in [3.8, 4) is 5.75 Å². The molecule has 0 aromatic heterocycles. The summed E-state index contributed by atoms with van der Waals surface area (Å²) in [6, 6.07) is 6.96. The minimum atomic E-state index is -0.300. The summed E-state index contributed by atoms with van der Waals surface area (Å²) in [6.45, 7) is 7.69. The molecule has 0 bridgehead atoms. The molecule has 0 radical (unpaired) electrons.